The van der Waals surface area contributed by atoms with Gasteiger partial charge in [0, 0.05) is 44.3 Å². The molecule has 0 radical (unpaired) electrons. The van der Waals surface area contributed by atoms with Gasteiger partial charge in [-0.3, -0.25) is 0 Å². The van der Waals surface area contributed by atoms with E-state index in [0.717, 1.165) is 22.7 Å². The predicted molar refractivity (Wildman–Crippen MR) is 226 cm³/mol. The van der Waals surface area contributed by atoms with Crippen LogP contribution in [0.3, 0.4) is 0 Å². The molecule has 0 unspecified atom stereocenters. The van der Waals surface area contributed by atoms with E-state index in [2.05, 4.69) is 205 Å². The summed E-state index contributed by atoms with van der Waals surface area (Å²) in [6.07, 6.45) is 0. The second kappa shape index (κ2) is 11.2. The monoisotopic (exact) mass is 676 g/mol. The van der Waals surface area contributed by atoms with Crippen LogP contribution in [0.2, 0.25) is 0 Å². The van der Waals surface area contributed by atoms with E-state index in [9.17, 15) is 0 Å². The molecule has 0 N–H and O–H groups in total. The highest BCUT2D eigenvalue weighted by atomic mass is 15.1. The first-order chi connectivity index (χ1) is 26.1. The maximum atomic E-state index is 2.50. The average Bonchev–Trinajstić information content (AvgIpc) is 3.69. The number of para-hydroxylation sites is 1. The Morgan fingerprint density at radius 1 is 0.415 bits per heavy atom. The summed E-state index contributed by atoms with van der Waals surface area (Å²) in [5.41, 5.74) is 12.4. The number of anilines is 3. The Kier molecular flexibility index (Phi) is 6.33. The van der Waals surface area contributed by atoms with E-state index < -0.39 is 0 Å². The topological polar surface area (TPSA) is 8.17 Å². The molecule has 9 aromatic carbocycles. The van der Waals surface area contributed by atoms with Crippen molar-refractivity contribution >= 4 is 71.2 Å². The zero-order chi connectivity index (χ0) is 35.3. The van der Waals surface area contributed by atoms with E-state index in [1.54, 1.807) is 0 Å². The summed E-state index contributed by atoms with van der Waals surface area (Å²) in [5, 5.41) is 10.3. The van der Waals surface area contributed by atoms with Crippen LogP contribution in [0.1, 0.15) is 25.0 Å². The molecule has 0 saturated heterocycles. The van der Waals surface area contributed by atoms with Crippen LogP contribution in [0, 0.1) is 0 Å². The minimum atomic E-state index is -0.0815. The third-order valence-electron chi connectivity index (χ3n) is 11.7. The SMILES string of the molecule is CC1(C)c2ccccc2-c2ccc(N(c3ccccc3)c3ccc(-n4c5ccc6ccccc6c5c5c6ccccc6c6ccccc6c54)cc3)cc21. The van der Waals surface area contributed by atoms with Gasteiger partial charge in [-0.15, -0.1) is 0 Å². The van der Waals surface area contributed by atoms with Crippen molar-refractivity contribution in [2.75, 3.05) is 4.90 Å². The van der Waals surface area contributed by atoms with Crippen molar-refractivity contribution in [3.63, 3.8) is 0 Å². The molecule has 10 aromatic rings. The fourth-order valence-corrected chi connectivity index (χ4v) is 9.31. The van der Waals surface area contributed by atoms with E-state index in [1.807, 2.05) is 0 Å². The van der Waals surface area contributed by atoms with Crippen molar-refractivity contribution in [1.82, 2.24) is 4.57 Å². The Labute approximate surface area is 308 Å². The predicted octanol–water partition coefficient (Wildman–Crippen LogP) is 14.0. The van der Waals surface area contributed by atoms with Crippen LogP contribution >= 0.6 is 0 Å². The molecule has 1 aliphatic carbocycles. The van der Waals surface area contributed by atoms with Gasteiger partial charge in [-0.1, -0.05) is 141 Å². The molecule has 0 atom stereocenters. The van der Waals surface area contributed by atoms with E-state index in [4.69, 9.17) is 0 Å². The minimum Gasteiger partial charge on any atom is -0.310 e. The van der Waals surface area contributed by atoms with Gasteiger partial charge < -0.3 is 9.47 Å². The molecule has 2 heteroatoms. The summed E-state index contributed by atoms with van der Waals surface area (Å²) in [5.74, 6) is 0. The molecule has 0 fully saturated rings. The van der Waals surface area contributed by atoms with Gasteiger partial charge in [-0.25, -0.2) is 0 Å². The third-order valence-corrected chi connectivity index (χ3v) is 11.7. The van der Waals surface area contributed by atoms with E-state index in [0.29, 0.717) is 0 Å². The maximum Gasteiger partial charge on any atom is 0.0626 e. The van der Waals surface area contributed by atoms with Crippen LogP contribution in [0.25, 0.3) is 70.9 Å². The minimum absolute atomic E-state index is 0.0815. The van der Waals surface area contributed by atoms with Gasteiger partial charge in [-0.05, 0) is 104 Å². The lowest BCUT2D eigenvalue weighted by atomic mass is 9.82. The summed E-state index contributed by atoms with van der Waals surface area (Å²) < 4.78 is 2.50. The number of hydrogen-bond donors (Lipinski definition) is 0. The van der Waals surface area contributed by atoms with Crippen molar-refractivity contribution < 1.29 is 0 Å². The number of nitrogens with zero attached hydrogens (tertiary/aromatic N) is 2. The van der Waals surface area contributed by atoms with Gasteiger partial charge in [0.2, 0.25) is 0 Å². The molecule has 2 nitrogen and oxygen atoms in total. The molecule has 53 heavy (non-hydrogen) atoms. The number of rotatable bonds is 4. The molecule has 1 aliphatic rings. The largest absolute Gasteiger partial charge is 0.310 e. The average molecular weight is 677 g/mol. The summed E-state index contributed by atoms with van der Waals surface area (Å²) in [6.45, 7) is 4.70. The fourth-order valence-electron chi connectivity index (χ4n) is 9.31. The highest BCUT2D eigenvalue weighted by molar-refractivity contribution is 6.35. The van der Waals surface area contributed by atoms with Crippen LogP contribution in [0.4, 0.5) is 17.1 Å². The van der Waals surface area contributed by atoms with Gasteiger partial charge in [0.05, 0.1) is 11.0 Å². The molecule has 0 bridgehead atoms. The third kappa shape index (κ3) is 4.27. The maximum absolute atomic E-state index is 2.50. The fraction of sp³-hybridized carbons (Fsp3) is 0.0588. The Hall–Kier alpha value is -6.64. The van der Waals surface area contributed by atoms with E-state index in [1.165, 1.54) is 76.4 Å². The summed E-state index contributed by atoms with van der Waals surface area (Å²) in [7, 11) is 0. The number of hydrogen-bond acceptors (Lipinski definition) is 1. The second-order valence-electron chi connectivity index (χ2n) is 14.9. The van der Waals surface area contributed by atoms with Gasteiger partial charge in [0.25, 0.3) is 0 Å². The summed E-state index contributed by atoms with van der Waals surface area (Å²) >= 11 is 0. The van der Waals surface area contributed by atoms with Gasteiger partial charge in [-0.2, -0.15) is 0 Å². The first kappa shape index (κ1) is 30.0. The number of benzene rings is 9. The molecule has 0 spiro atoms. The summed E-state index contributed by atoms with van der Waals surface area (Å²) in [4.78, 5) is 2.39. The Morgan fingerprint density at radius 2 is 1.00 bits per heavy atom. The van der Waals surface area contributed by atoms with Crippen LogP contribution < -0.4 is 4.90 Å². The Bertz CT molecular complexity index is 3080. The first-order valence-corrected chi connectivity index (χ1v) is 18.5. The van der Waals surface area contributed by atoms with Crippen molar-refractivity contribution in [3.8, 4) is 16.8 Å². The molecule has 0 saturated carbocycles. The molecule has 1 heterocycles. The van der Waals surface area contributed by atoms with E-state index in [-0.39, 0.29) is 5.41 Å². The number of fused-ring (bicyclic) bond motifs is 13. The molecular weight excluding hydrogens is 641 g/mol. The van der Waals surface area contributed by atoms with Crippen LogP contribution in [-0.2, 0) is 5.41 Å². The van der Waals surface area contributed by atoms with Gasteiger partial charge >= 0.3 is 0 Å². The molecular formula is C51H36N2. The zero-order valence-electron chi connectivity index (χ0n) is 29.7. The van der Waals surface area contributed by atoms with Crippen molar-refractivity contribution in [3.05, 3.63) is 193 Å². The van der Waals surface area contributed by atoms with Crippen LogP contribution in [0.15, 0.2) is 182 Å². The van der Waals surface area contributed by atoms with Crippen LogP contribution in [-0.4, -0.2) is 4.57 Å². The summed E-state index contributed by atoms with van der Waals surface area (Å²) in [6, 6.07) is 67.0. The van der Waals surface area contributed by atoms with Crippen LogP contribution in [0.5, 0.6) is 0 Å². The highest BCUT2D eigenvalue weighted by Gasteiger charge is 2.35. The second-order valence-corrected chi connectivity index (χ2v) is 14.9. The lowest BCUT2D eigenvalue weighted by molar-refractivity contribution is 0.660. The number of aromatic nitrogens is 1. The smallest absolute Gasteiger partial charge is 0.0626 e. The van der Waals surface area contributed by atoms with Crippen molar-refractivity contribution in [2.45, 2.75) is 19.3 Å². The normalized spacial score (nSPS) is 13.2. The lowest BCUT2D eigenvalue weighted by Crippen LogP contribution is -2.16. The molecule has 250 valence electrons. The molecule has 0 amide bonds. The molecule has 1 aromatic heterocycles. The molecule has 11 rings (SSSR count). The quantitative estimate of drug-likeness (QED) is 0.168. The highest BCUT2D eigenvalue weighted by Crippen LogP contribution is 2.51. The Balaban J connectivity index is 1.15. The standard InChI is InChI=1S/C51H36N2/c1-51(2)45-23-13-12-20-41(45)42-30-29-37(32-46(42)51)52(34-15-4-3-5-16-34)35-25-27-36(28-26-35)53-47-31-24-33-14-6-7-17-38(33)48(47)49-43-21-10-8-18-39(43)40-19-9-11-22-44(40)50(49)53/h3-32H,1-2H3. The first-order valence-electron chi connectivity index (χ1n) is 18.5. The Morgan fingerprint density at radius 3 is 1.79 bits per heavy atom. The van der Waals surface area contributed by atoms with Gasteiger partial charge in [0.1, 0.15) is 0 Å². The molecule has 0 aliphatic heterocycles. The lowest BCUT2D eigenvalue weighted by Gasteiger charge is -2.28. The van der Waals surface area contributed by atoms with E-state index >= 15 is 0 Å². The zero-order valence-corrected chi connectivity index (χ0v) is 29.7. The van der Waals surface area contributed by atoms with Gasteiger partial charge in [0.15, 0.2) is 0 Å². The van der Waals surface area contributed by atoms with Crippen molar-refractivity contribution in [1.29, 1.82) is 0 Å². The van der Waals surface area contributed by atoms with Crippen molar-refractivity contribution in [2.24, 2.45) is 0 Å².